The fourth-order valence-corrected chi connectivity index (χ4v) is 3.32. The van der Waals surface area contributed by atoms with Crippen LogP contribution in [0.15, 0.2) is 82.0 Å². The lowest BCUT2D eigenvalue weighted by molar-refractivity contribution is 0.0954. The van der Waals surface area contributed by atoms with Crippen molar-refractivity contribution in [3.05, 3.63) is 105 Å². The van der Waals surface area contributed by atoms with E-state index in [-0.39, 0.29) is 5.91 Å². The summed E-state index contributed by atoms with van der Waals surface area (Å²) in [7, 11) is 0. The summed E-state index contributed by atoms with van der Waals surface area (Å²) in [5.41, 5.74) is 3.62. The van der Waals surface area contributed by atoms with Gasteiger partial charge in [-0.2, -0.15) is 0 Å². The molecule has 0 saturated carbocycles. The maximum Gasteiger partial charge on any atom is 0.420 e. The van der Waals surface area contributed by atoms with Gasteiger partial charge in [-0.3, -0.25) is 9.36 Å². The van der Waals surface area contributed by atoms with Gasteiger partial charge >= 0.3 is 5.76 Å². The van der Waals surface area contributed by atoms with Crippen molar-refractivity contribution < 1.29 is 9.21 Å². The summed E-state index contributed by atoms with van der Waals surface area (Å²) in [5.74, 6) is -0.634. The third-order valence-corrected chi connectivity index (χ3v) is 4.98. The molecule has 0 atom stereocenters. The van der Waals surface area contributed by atoms with Gasteiger partial charge in [0, 0.05) is 17.1 Å². The molecule has 0 aliphatic rings. The summed E-state index contributed by atoms with van der Waals surface area (Å²) in [6.07, 6.45) is 0.704. The zero-order valence-electron chi connectivity index (χ0n) is 15.6. The third-order valence-electron chi connectivity index (χ3n) is 4.73. The van der Waals surface area contributed by atoms with E-state index < -0.39 is 5.76 Å². The van der Waals surface area contributed by atoms with E-state index in [9.17, 15) is 9.59 Å². The molecular weight excluding hydrogens is 388 g/mol. The first-order valence-corrected chi connectivity index (χ1v) is 9.68. The highest BCUT2D eigenvalue weighted by molar-refractivity contribution is 6.30. The second-order valence-electron chi connectivity index (χ2n) is 6.75. The van der Waals surface area contributed by atoms with Crippen LogP contribution in [0, 0.1) is 0 Å². The quantitative estimate of drug-likeness (QED) is 0.520. The molecule has 1 heterocycles. The Hall–Kier alpha value is -3.31. The molecular formula is C23H19ClN2O3. The molecule has 0 spiro atoms. The van der Waals surface area contributed by atoms with Crippen molar-refractivity contribution in [1.29, 1.82) is 0 Å². The number of oxazole rings is 1. The zero-order valence-corrected chi connectivity index (χ0v) is 16.4. The van der Waals surface area contributed by atoms with Crippen LogP contribution < -0.4 is 11.1 Å². The first-order chi connectivity index (χ1) is 14.1. The number of carbonyl (C=O) groups excluding carboxylic acids is 1. The Labute approximate surface area is 172 Å². The van der Waals surface area contributed by atoms with E-state index >= 15 is 0 Å². The Morgan fingerprint density at radius 1 is 0.966 bits per heavy atom. The lowest BCUT2D eigenvalue weighted by Gasteiger charge is -2.07. The van der Waals surface area contributed by atoms with E-state index in [2.05, 4.69) is 5.32 Å². The SMILES string of the molecule is O=C(NCCc1ccc(Cl)cc1)c1ccc2oc(=O)n(Cc3ccccc3)c2c1. The fraction of sp³-hybridized carbons (Fsp3) is 0.130. The maximum absolute atomic E-state index is 12.6. The van der Waals surface area contributed by atoms with E-state index in [0.717, 1.165) is 11.1 Å². The topological polar surface area (TPSA) is 64.2 Å². The summed E-state index contributed by atoms with van der Waals surface area (Å²) in [5, 5.41) is 3.60. The van der Waals surface area contributed by atoms with Gasteiger partial charge in [-0.15, -0.1) is 0 Å². The second-order valence-corrected chi connectivity index (χ2v) is 7.19. The second kappa shape index (κ2) is 8.37. The number of aromatic nitrogens is 1. The third kappa shape index (κ3) is 4.41. The zero-order chi connectivity index (χ0) is 20.2. The average molecular weight is 407 g/mol. The maximum atomic E-state index is 12.6. The van der Waals surface area contributed by atoms with E-state index in [1.807, 2.05) is 54.6 Å². The van der Waals surface area contributed by atoms with E-state index in [0.29, 0.717) is 41.2 Å². The van der Waals surface area contributed by atoms with Crippen molar-refractivity contribution in [2.24, 2.45) is 0 Å². The fourth-order valence-electron chi connectivity index (χ4n) is 3.19. The number of fused-ring (bicyclic) bond motifs is 1. The summed E-state index contributed by atoms with van der Waals surface area (Å²) >= 11 is 5.89. The van der Waals surface area contributed by atoms with Crippen LogP contribution in [0.4, 0.5) is 0 Å². The van der Waals surface area contributed by atoms with Gasteiger partial charge in [0.25, 0.3) is 5.91 Å². The lowest BCUT2D eigenvalue weighted by atomic mass is 10.1. The Morgan fingerprint density at radius 2 is 1.72 bits per heavy atom. The summed E-state index contributed by atoms with van der Waals surface area (Å²) in [4.78, 5) is 24.8. The van der Waals surface area contributed by atoms with Crippen molar-refractivity contribution in [3.8, 4) is 0 Å². The highest BCUT2D eigenvalue weighted by Crippen LogP contribution is 2.17. The standard InChI is InChI=1S/C23H19ClN2O3/c24-19-9-6-16(7-10-19)12-13-25-22(27)18-8-11-21-20(14-18)26(23(28)29-21)15-17-4-2-1-3-5-17/h1-11,14H,12-13,15H2,(H,25,27). The molecule has 0 unspecified atom stereocenters. The number of nitrogens with one attached hydrogen (secondary N) is 1. The number of nitrogens with zero attached hydrogens (tertiary/aromatic N) is 1. The Kier molecular flexibility index (Phi) is 5.49. The molecule has 4 rings (SSSR count). The van der Waals surface area contributed by atoms with Crippen molar-refractivity contribution >= 4 is 28.6 Å². The van der Waals surface area contributed by atoms with Crippen molar-refractivity contribution in [1.82, 2.24) is 9.88 Å². The van der Waals surface area contributed by atoms with Crippen LogP contribution in [0.1, 0.15) is 21.5 Å². The molecule has 4 aromatic rings. The van der Waals surface area contributed by atoms with Gasteiger partial charge in [0.2, 0.25) is 0 Å². The number of hydrogen-bond donors (Lipinski definition) is 1. The van der Waals surface area contributed by atoms with Crippen LogP contribution in [0.5, 0.6) is 0 Å². The normalized spacial score (nSPS) is 10.9. The molecule has 0 saturated heterocycles. The predicted octanol–water partition coefficient (Wildman–Crippen LogP) is 4.27. The summed E-state index contributed by atoms with van der Waals surface area (Å²) in [6.45, 7) is 0.884. The van der Waals surface area contributed by atoms with Crippen molar-refractivity contribution in [2.75, 3.05) is 6.54 Å². The predicted molar refractivity (Wildman–Crippen MR) is 114 cm³/mol. The molecule has 5 nitrogen and oxygen atoms in total. The van der Waals surface area contributed by atoms with Crippen molar-refractivity contribution in [2.45, 2.75) is 13.0 Å². The molecule has 0 radical (unpaired) electrons. The van der Waals surface area contributed by atoms with Crippen LogP contribution >= 0.6 is 11.6 Å². The number of hydrogen-bond acceptors (Lipinski definition) is 3. The Morgan fingerprint density at radius 3 is 2.48 bits per heavy atom. The van der Waals surface area contributed by atoms with Crippen LogP contribution in [0.3, 0.4) is 0 Å². The van der Waals surface area contributed by atoms with Gasteiger partial charge in [0.15, 0.2) is 5.58 Å². The molecule has 1 N–H and O–H groups in total. The highest BCUT2D eigenvalue weighted by atomic mass is 35.5. The van der Waals surface area contributed by atoms with Gasteiger partial charge in [-0.25, -0.2) is 4.79 Å². The number of rotatable bonds is 6. The smallest absolute Gasteiger partial charge is 0.408 e. The molecule has 0 aliphatic heterocycles. The number of halogens is 1. The van der Waals surface area contributed by atoms with Gasteiger partial charge < -0.3 is 9.73 Å². The molecule has 3 aromatic carbocycles. The van der Waals surface area contributed by atoms with E-state index in [4.69, 9.17) is 16.0 Å². The molecule has 1 amide bonds. The molecule has 0 aliphatic carbocycles. The Balaban J connectivity index is 1.50. The van der Waals surface area contributed by atoms with Crippen LogP contribution in [-0.4, -0.2) is 17.0 Å². The summed E-state index contributed by atoms with van der Waals surface area (Å²) < 4.78 is 6.86. The van der Waals surface area contributed by atoms with Crippen LogP contribution in [0.2, 0.25) is 5.02 Å². The van der Waals surface area contributed by atoms with E-state index in [1.54, 1.807) is 18.2 Å². The lowest BCUT2D eigenvalue weighted by Crippen LogP contribution is -2.25. The van der Waals surface area contributed by atoms with Crippen LogP contribution in [-0.2, 0) is 13.0 Å². The minimum Gasteiger partial charge on any atom is -0.408 e. The highest BCUT2D eigenvalue weighted by Gasteiger charge is 2.13. The first kappa shape index (κ1) is 19.0. The van der Waals surface area contributed by atoms with Crippen LogP contribution in [0.25, 0.3) is 11.1 Å². The number of carbonyl (C=O) groups is 1. The number of amides is 1. The monoisotopic (exact) mass is 406 g/mol. The molecule has 0 bridgehead atoms. The molecule has 6 heteroatoms. The molecule has 146 valence electrons. The van der Waals surface area contributed by atoms with Crippen molar-refractivity contribution in [3.63, 3.8) is 0 Å². The van der Waals surface area contributed by atoms with Gasteiger partial charge in [-0.05, 0) is 47.9 Å². The van der Waals surface area contributed by atoms with Gasteiger partial charge in [0.1, 0.15) is 0 Å². The first-order valence-electron chi connectivity index (χ1n) is 9.30. The van der Waals surface area contributed by atoms with E-state index in [1.165, 1.54) is 4.57 Å². The van der Waals surface area contributed by atoms with Gasteiger partial charge in [-0.1, -0.05) is 54.1 Å². The molecule has 0 fully saturated rings. The largest absolute Gasteiger partial charge is 0.420 e. The molecule has 29 heavy (non-hydrogen) atoms. The molecule has 1 aromatic heterocycles. The van der Waals surface area contributed by atoms with Gasteiger partial charge in [0.05, 0.1) is 12.1 Å². The summed E-state index contributed by atoms with van der Waals surface area (Å²) in [6, 6.07) is 22.2. The average Bonchev–Trinajstić information content (AvgIpc) is 3.04. The minimum atomic E-state index is -0.441. The number of benzene rings is 3. The Bertz CT molecular complexity index is 1190. The minimum absolute atomic E-state index is 0.194.